The zero-order valence-corrected chi connectivity index (χ0v) is 31.9. The molecule has 0 atom stereocenters. The maximum atomic E-state index is 9.68. The van der Waals surface area contributed by atoms with E-state index in [0.29, 0.717) is 6.42 Å². The van der Waals surface area contributed by atoms with Crippen LogP contribution in [-0.4, -0.2) is 49.4 Å². The lowest BCUT2D eigenvalue weighted by Crippen LogP contribution is -2.50. The first-order chi connectivity index (χ1) is 21.3. The van der Waals surface area contributed by atoms with Crippen molar-refractivity contribution in [3.8, 4) is 0 Å². The zero-order chi connectivity index (χ0) is 33.0. The Morgan fingerprint density at radius 2 is 0.545 bits per heavy atom. The van der Waals surface area contributed by atoms with Crippen molar-refractivity contribution in [2.75, 3.05) is 31.9 Å². The lowest BCUT2D eigenvalue weighted by Gasteiger charge is -2.40. The van der Waals surface area contributed by atoms with E-state index < -0.39 is 10.1 Å². The average Bonchev–Trinajstić information content (AvgIpc) is 2.99. The molecular formula is C39H83NO3S. The molecule has 0 aliphatic heterocycles. The van der Waals surface area contributed by atoms with E-state index in [1.807, 2.05) is 0 Å². The molecule has 0 aliphatic carbocycles. The second-order valence-electron chi connectivity index (χ2n) is 14.0. The Morgan fingerprint density at radius 1 is 0.341 bits per heavy atom. The molecule has 0 fully saturated rings. The van der Waals surface area contributed by atoms with Crippen molar-refractivity contribution in [1.82, 2.24) is 0 Å². The van der Waals surface area contributed by atoms with Gasteiger partial charge in [-0.2, -0.15) is 0 Å². The minimum atomic E-state index is -3.92. The standard InChI is InChI=1S/C36H76N.C3H8O3S/c1-5-9-13-17-21-22-23-24-28-32-36-37(33-29-25-18-14-10-6-2,34-30-26-19-15-11-7-3)35-31-27-20-16-12-8-4;1-2-3-7(4,5)6/h5-36H2,1-4H3;2-3H2,1H3,(H,4,5,6)/q+1;/p-1. The van der Waals surface area contributed by atoms with Crippen molar-refractivity contribution in [3.63, 3.8) is 0 Å². The number of rotatable bonds is 34. The van der Waals surface area contributed by atoms with Crippen LogP contribution in [0, 0.1) is 0 Å². The van der Waals surface area contributed by atoms with Crippen LogP contribution in [-0.2, 0) is 10.1 Å². The highest BCUT2D eigenvalue weighted by atomic mass is 32.2. The van der Waals surface area contributed by atoms with E-state index in [9.17, 15) is 13.0 Å². The number of quaternary nitrogens is 1. The number of nitrogens with zero attached hydrogens (tertiary/aromatic N) is 1. The van der Waals surface area contributed by atoms with Crippen LogP contribution in [0.2, 0.25) is 0 Å². The molecule has 0 rings (SSSR count). The van der Waals surface area contributed by atoms with E-state index in [2.05, 4.69) is 27.7 Å². The van der Waals surface area contributed by atoms with Gasteiger partial charge in [0.1, 0.15) is 0 Å². The van der Waals surface area contributed by atoms with Gasteiger partial charge in [-0.05, 0) is 57.8 Å². The highest BCUT2D eigenvalue weighted by Gasteiger charge is 2.25. The van der Waals surface area contributed by atoms with Gasteiger partial charge in [-0.25, -0.2) is 8.42 Å². The van der Waals surface area contributed by atoms with E-state index >= 15 is 0 Å². The minimum absolute atomic E-state index is 0.243. The first-order valence-electron chi connectivity index (χ1n) is 20.1. The fraction of sp³-hybridized carbons (Fsp3) is 1.00. The summed E-state index contributed by atoms with van der Waals surface area (Å²) in [6, 6.07) is 0. The third-order valence-corrected chi connectivity index (χ3v) is 10.3. The van der Waals surface area contributed by atoms with Gasteiger partial charge in [0.05, 0.1) is 36.3 Å². The monoisotopic (exact) mass is 646 g/mol. The Bertz CT molecular complexity index is 596. The van der Waals surface area contributed by atoms with Crippen molar-refractivity contribution in [2.45, 2.75) is 221 Å². The summed E-state index contributed by atoms with van der Waals surface area (Å²) in [6.07, 6.45) is 41.2. The molecule has 44 heavy (non-hydrogen) atoms. The van der Waals surface area contributed by atoms with E-state index in [4.69, 9.17) is 0 Å². The van der Waals surface area contributed by atoms with Gasteiger partial charge in [-0.1, -0.05) is 163 Å². The fourth-order valence-electron chi connectivity index (χ4n) is 6.54. The summed E-state index contributed by atoms with van der Waals surface area (Å²) in [5.41, 5.74) is 0. The van der Waals surface area contributed by atoms with Gasteiger partial charge in [-0.15, -0.1) is 0 Å². The van der Waals surface area contributed by atoms with Crippen LogP contribution in [0.1, 0.15) is 221 Å². The highest BCUT2D eigenvalue weighted by Crippen LogP contribution is 2.21. The molecule has 0 aliphatic rings. The molecule has 0 unspecified atom stereocenters. The van der Waals surface area contributed by atoms with Gasteiger partial charge in [-0.3, -0.25) is 0 Å². The smallest absolute Gasteiger partial charge is 0.0945 e. The molecule has 0 aromatic heterocycles. The molecule has 0 saturated heterocycles. The van der Waals surface area contributed by atoms with Crippen LogP contribution in [0.4, 0.5) is 0 Å². The lowest BCUT2D eigenvalue weighted by atomic mass is 10.0. The third-order valence-electron chi connectivity index (χ3n) is 9.40. The molecule has 0 radical (unpaired) electrons. The van der Waals surface area contributed by atoms with Crippen molar-refractivity contribution in [1.29, 1.82) is 0 Å². The van der Waals surface area contributed by atoms with Gasteiger partial charge in [0, 0.05) is 5.75 Å². The molecule has 4 nitrogen and oxygen atoms in total. The molecule has 0 bridgehead atoms. The Balaban J connectivity index is 0. The Labute approximate surface area is 279 Å². The maximum Gasteiger partial charge on any atom is 0.0945 e. The molecule has 0 amide bonds. The molecule has 0 N–H and O–H groups in total. The second-order valence-corrected chi connectivity index (χ2v) is 15.5. The molecule has 5 heteroatoms. The van der Waals surface area contributed by atoms with Crippen molar-refractivity contribution < 1.29 is 17.5 Å². The van der Waals surface area contributed by atoms with Gasteiger partial charge in [0.25, 0.3) is 0 Å². The Kier molecular flexibility index (Phi) is 37.3. The average molecular weight is 646 g/mol. The summed E-state index contributed by atoms with van der Waals surface area (Å²) >= 11 is 0. The predicted octanol–water partition coefficient (Wildman–Crippen LogP) is 12.7. The first-order valence-corrected chi connectivity index (χ1v) is 21.7. The van der Waals surface area contributed by atoms with E-state index in [1.165, 1.54) is 210 Å². The van der Waals surface area contributed by atoms with Crippen LogP contribution >= 0.6 is 0 Å². The third kappa shape index (κ3) is 36.3. The maximum absolute atomic E-state index is 9.68. The molecule has 0 spiro atoms. The highest BCUT2D eigenvalue weighted by molar-refractivity contribution is 7.85. The van der Waals surface area contributed by atoms with Crippen LogP contribution in [0.3, 0.4) is 0 Å². The molecule has 0 aromatic rings. The molecule has 0 heterocycles. The largest absolute Gasteiger partial charge is 0.748 e. The minimum Gasteiger partial charge on any atom is -0.748 e. The van der Waals surface area contributed by atoms with Gasteiger partial charge < -0.3 is 9.04 Å². The normalized spacial score (nSPS) is 12.0. The van der Waals surface area contributed by atoms with Gasteiger partial charge >= 0.3 is 0 Å². The number of unbranched alkanes of at least 4 members (excludes halogenated alkanes) is 24. The van der Waals surface area contributed by atoms with Crippen molar-refractivity contribution >= 4 is 10.1 Å². The first kappa shape index (κ1) is 46.0. The van der Waals surface area contributed by atoms with Crippen LogP contribution in [0.25, 0.3) is 0 Å². The van der Waals surface area contributed by atoms with Crippen LogP contribution in [0.5, 0.6) is 0 Å². The van der Waals surface area contributed by atoms with Crippen molar-refractivity contribution in [3.05, 3.63) is 0 Å². The molecule has 268 valence electrons. The zero-order valence-electron chi connectivity index (χ0n) is 31.1. The summed E-state index contributed by atoms with van der Waals surface area (Å²) < 4.78 is 30.5. The summed E-state index contributed by atoms with van der Waals surface area (Å²) in [4.78, 5) is 0. The topological polar surface area (TPSA) is 57.2 Å². The number of hydrogen-bond acceptors (Lipinski definition) is 3. The summed E-state index contributed by atoms with van der Waals surface area (Å²) in [6.45, 7) is 16.9. The van der Waals surface area contributed by atoms with Crippen LogP contribution < -0.4 is 0 Å². The molecule has 0 aromatic carbocycles. The Morgan fingerprint density at radius 3 is 0.705 bits per heavy atom. The molecular weight excluding hydrogens is 563 g/mol. The quantitative estimate of drug-likeness (QED) is 0.0397. The SMILES string of the molecule is CCCCCCCCCCCC[N+](CCCCCCCC)(CCCCCCCC)CCCCCCCC.CCCS(=O)(=O)[O-]. The summed E-state index contributed by atoms with van der Waals surface area (Å²) in [7, 11) is -3.92. The van der Waals surface area contributed by atoms with Gasteiger partial charge in [0.15, 0.2) is 0 Å². The summed E-state index contributed by atoms with van der Waals surface area (Å²) in [5.74, 6) is -0.243. The van der Waals surface area contributed by atoms with Crippen molar-refractivity contribution in [2.24, 2.45) is 0 Å². The van der Waals surface area contributed by atoms with E-state index in [0.717, 1.165) is 0 Å². The fourth-order valence-corrected chi connectivity index (χ4v) is 7.04. The van der Waals surface area contributed by atoms with E-state index in [1.54, 1.807) is 6.92 Å². The number of hydrogen-bond donors (Lipinski definition) is 0. The van der Waals surface area contributed by atoms with Crippen LogP contribution in [0.15, 0.2) is 0 Å². The van der Waals surface area contributed by atoms with Gasteiger partial charge in [0.2, 0.25) is 0 Å². The second kappa shape index (κ2) is 35.7. The summed E-state index contributed by atoms with van der Waals surface area (Å²) in [5, 5.41) is 0. The Hall–Kier alpha value is -0.130. The predicted molar refractivity (Wildman–Crippen MR) is 197 cm³/mol. The van der Waals surface area contributed by atoms with E-state index in [-0.39, 0.29) is 5.75 Å². The molecule has 0 saturated carbocycles. The lowest BCUT2D eigenvalue weighted by molar-refractivity contribution is -0.929.